The van der Waals surface area contributed by atoms with Crippen molar-refractivity contribution in [2.45, 2.75) is 17.5 Å². The third-order valence-corrected chi connectivity index (χ3v) is 4.29. The Morgan fingerprint density at radius 2 is 2.09 bits per heavy atom. The molecule has 1 unspecified atom stereocenters. The second kappa shape index (κ2) is 6.18. The molecule has 2 aromatic rings. The Balaban J connectivity index is 2.07. The Bertz CT molecular complexity index is 852. The maximum Gasteiger partial charge on any atom is 0.257 e. The second-order valence-electron chi connectivity index (χ2n) is 5.02. The van der Waals surface area contributed by atoms with E-state index in [-0.39, 0.29) is 29.5 Å². The quantitative estimate of drug-likeness (QED) is 0.453. The highest BCUT2D eigenvalue weighted by molar-refractivity contribution is 7.99. The van der Waals surface area contributed by atoms with Crippen LogP contribution >= 0.6 is 11.8 Å². The first-order valence-corrected chi connectivity index (χ1v) is 7.86. The van der Waals surface area contributed by atoms with Crippen molar-refractivity contribution in [1.82, 2.24) is 9.97 Å². The van der Waals surface area contributed by atoms with Crippen LogP contribution < -0.4 is 10.9 Å². The van der Waals surface area contributed by atoms with Gasteiger partial charge in [-0.2, -0.15) is 0 Å². The minimum Gasteiger partial charge on any atom is -0.508 e. The number of thioether (sulfide) groups is 1. The lowest BCUT2D eigenvalue weighted by Gasteiger charge is -2.24. The Hall–Kier alpha value is -2.72. The molecule has 1 atom stereocenters. The number of nitrogens with one attached hydrogen (secondary N) is 2. The Kier molecular flexibility index (Phi) is 4.08. The fraction of sp³-hybridized carbons (Fsp3) is 0.188. The zero-order chi connectivity index (χ0) is 16.4. The summed E-state index contributed by atoms with van der Waals surface area (Å²) < 4.78 is 0. The van der Waals surface area contributed by atoms with Gasteiger partial charge in [0, 0.05) is 12.3 Å². The molecule has 23 heavy (non-hydrogen) atoms. The molecule has 6 nitrogen and oxygen atoms in total. The van der Waals surface area contributed by atoms with E-state index < -0.39 is 5.92 Å². The van der Waals surface area contributed by atoms with Crippen molar-refractivity contribution in [3.05, 3.63) is 45.7 Å². The monoisotopic (exact) mass is 327 g/mol. The first-order chi connectivity index (χ1) is 11.1. The van der Waals surface area contributed by atoms with Crippen LogP contribution in [0.3, 0.4) is 0 Å². The fourth-order valence-corrected chi connectivity index (χ4v) is 3.06. The number of anilines is 1. The van der Waals surface area contributed by atoms with Gasteiger partial charge in [-0.15, -0.1) is 6.42 Å². The van der Waals surface area contributed by atoms with Gasteiger partial charge in [-0.05, 0) is 17.7 Å². The van der Waals surface area contributed by atoms with E-state index in [2.05, 4.69) is 21.2 Å². The van der Waals surface area contributed by atoms with E-state index in [1.54, 1.807) is 12.1 Å². The van der Waals surface area contributed by atoms with Gasteiger partial charge < -0.3 is 15.4 Å². The first kappa shape index (κ1) is 15.2. The standard InChI is InChI=1S/C16H13N3O3S/c1-2-7-23-16-18-14-13(15(22)19-16)11(8-12(21)17-14)9-3-5-10(20)6-4-9/h1,3-6,11,20H,7-8H2,(H2,17,18,19,21,22). The van der Waals surface area contributed by atoms with Crippen molar-refractivity contribution in [2.24, 2.45) is 0 Å². The number of carbonyl (C=O) groups is 1. The summed E-state index contributed by atoms with van der Waals surface area (Å²) in [4.78, 5) is 31.4. The van der Waals surface area contributed by atoms with E-state index in [9.17, 15) is 14.7 Å². The number of amides is 1. The molecule has 0 saturated carbocycles. The molecule has 1 amide bonds. The number of nitrogens with zero attached hydrogens (tertiary/aromatic N) is 1. The Morgan fingerprint density at radius 1 is 1.35 bits per heavy atom. The fourth-order valence-electron chi connectivity index (χ4n) is 2.52. The van der Waals surface area contributed by atoms with Gasteiger partial charge in [0.25, 0.3) is 5.56 Å². The van der Waals surface area contributed by atoms with Gasteiger partial charge >= 0.3 is 0 Å². The molecule has 3 N–H and O–H groups in total. The molecule has 1 aliphatic rings. The van der Waals surface area contributed by atoms with Crippen LogP contribution in [0.2, 0.25) is 0 Å². The summed E-state index contributed by atoms with van der Waals surface area (Å²) in [5, 5.41) is 12.4. The second-order valence-corrected chi connectivity index (χ2v) is 5.99. The number of aromatic nitrogens is 2. The molecule has 116 valence electrons. The van der Waals surface area contributed by atoms with E-state index in [0.29, 0.717) is 16.5 Å². The van der Waals surface area contributed by atoms with Crippen molar-refractivity contribution in [3.8, 4) is 18.1 Å². The topological polar surface area (TPSA) is 95.1 Å². The predicted octanol–water partition coefficient (Wildman–Crippen LogP) is 1.67. The molecule has 1 aliphatic heterocycles. The number of carbonyl (C=O) groups excluding carboxylic acids is 1. The van der Waals surface area contributed by atoms with Crippen LogP contribution in [0.15, 0.2) is 34.2 Å². The van der Waals surface area contributed by atoms with E-state index in [1.807, 2.05) is 0 Å². The predicted molar refractivity (Wildman–Crippen MR) is 87.6 cm³/mol. The van der Waals surface area contributed by atoms with Crippen LogP contribution in [-0.2, 0) is 4.79 Å². The maximum atomic E-state index is 12.4. The lowest BCUT2D eigenvalue weighted by Crippen LogP contribution is -2.31. The average Bonchev–Trinajstić information content (AvgIpc) is 2.52. The molecule has 0 radical (unpaired) electrons. The van der Waals surface area contributed by atoms with Gasteiger partial charge in [0.2, 0.25) is 5.91 Å². The van der Waals surface area contributed by atoms with Crippen molar-refractivity contribution >= 4 is 23.5 Å². The molecule has 1 aromatic heterocycles. The molecule has 0 fully saturated rings. The van der Waals surface area contributed by atoms with E-state index >= 15 is 0 Å². The minimum atomic E-state index is -0.401. The highest BCUT2D eigenvalue weighted by atomic mass is 32.2. The molecule has 3 rings (SSSR count). The molecule has 0 saturated heterocycles. The molecular formula is C16H13N3O3S. The van der Waals surface area contributed by atoms with Crippen LogP contribution in [0.5, 0.6) is 5.75 Å². The number of fused-ring (bicyclic) bond motifs is 1. The van der Waals surface area contributed by atoms with Gasteiger partial charge in [0.15, 0.2) is 5.16 Å². The zero-order valence-electron chi connectivity index (χ0n) is 12.0. The highest BCUT2D eigenvalue weighted by Crippen LogP contribution is 2.34. The summed E-state index contributed by atoms with van der Waals surface area (Å²) in [6, 6.07) is 6.45. The summed E-state index contributed by atoms with van der Waals surface area (Å²) in [6.07, 6.45) is 5.36. The maximum absolute atomic E-state index is 12.4. The zero-order valence-corrected chi connectivity index (χ0v) is 12.8. The molecular weight excluding hydrogens is 314 g/mol. The number of hydrogen-bond donors (Lipinski definition) is 3. The normalized spacial score (nSPS) is 16.3. The van der Waals surface area contributed by atoms with Crippen LogP contribution in [0.4, 0.5) is 5.82 Å². The SMILES string of the molecule is C#CCSc1nc2c(c(=O)[nH]1)C(c1ccc(O)cc1)CC(=O)N2. The van der Waals surface area contributed by atoms with Crippen LogP contribution in [0, 0.1) is 12.3 Å². The van der Waals surface area contributed by atoms with Gasteiger partial charge in [-0.25, -0.2) is 4.98 Å². The number of terminal acetylenes is 1. The average molecular weight is 327 g/mol. The van der Waals surface area contributed by atoms with Gasteiger partial charge in [0.05, 0.1) is 11.3 Å². The number of benzene rings is 1. The first-order valence-electron chi connectivity index (χ1n) is 6.87. The van der Waals surface area contributed by atoms with Crippen molar-refractivity contribution in [3.63, 3.8) is 0 Å². The highest BCUT2D eigenvalue weighted by Gasteiger charge is 2.30. The number of hydrogen-bond acceptors (Lipinski definition) is 5. The third-order valence-electron chi connectivity index (χ3n) is 3.52. The Morgan fingerprint density at radius 3 is 2.78 bits per heavy atom. The summed E-state index contributed by atoms with van der Waals surface area (Å²) in [5.41, 5.74) is 0.892. The van der Waals surface area contributed by atoms with Gasteiger partial charge in [-0.3, -0.25) is 9.59 Å². The van der Waals surface area contributed by atoms with Crippen LogP contribution in [-0.4, -0.2) is 26.7 Å². The summed E-state index contributed by atoms with van der Waals surface area (Å²) in [6.45, 7) is 0. The third kappa shape index (κ3) is 3.07. The molecule has 0 spiro atoms. The van der Waals surface area contributed by atoms with Gasteiger partial charge in [0.1, 0.15) is 11.6 Å². The number of H-pyrrole nitrogens is 1. The molecule has 2 heterocycles. The lowest BCUT2D eigenvalue weighted by atomic mass is 9.87. The molecule has 1 aromatic carbocycles. The Labute approximate surface area is 136 Å². The number of phenolic OH excluding ortho intramolecular Hbond substituents is 1. The van der Waals surface area contributed by atoms with Crippen LogP contribution in [0.1, 0.15) is 23.5 Å². The summed E-state index contributed by atoms with van der Waals surface area (Å²) >= 11 is 1.22. The molecule has 0 bridgehead atoms. The molecule has 7 heteroatoms. The molecule has 0 aliphatic carbocycles. The largest absolute Gasteiger partial charge is 0.508 e. The summed E-state index contributed by atoms with van der Waals surface area (Å²) in [5.74, 6) is 2.61. The smallest absolute Gasteiger partial charge is 0.257 e. The lowest BCUT2D eigenvalue weighted by molar-refractivity contribution is -0.116. The van der Waals surface area contributed by atoms with E-state index in [4.69, 9.17) is 6.42 Å². The summed E-state index contributed by atoms with van der Waals surface area (Å²) in [7, 11) is 0. The van der Waals surface area contributed by atoms with Crippen molar-refractivity contribution in [2.75, 3.05) is 11.1 Å². The number of aromatic amines is 1. The van der Waals surface area contributed by atoms with Crippen molar-refractivity contribution < 1.29 is 9.90 Å². The number of aromatic hydroxyl groups is 1. The van der Waals surface area contributed by atoms with Crippen molar-refractivity contribution in [1.29, 1.82) is 0 Å². The number of phenols is 1. The minimum absolute atomic E-state index is 0.127. The van der Waals surface area contributed by atoms with Gasteiger partial charge in [-0.1, -0.05) is 29.8 Å². The van der Waals surface area contributed by atoms with E-state index in [0.717, 1.165) is 5.56 Å². The van der Waals surface area contributed by atoms with Crippen LogP contribution in [0.25, 0.3) is 0 Å². The van der Waals surface area contributed by atoms with E-state index in [1.165, 1.54) is 23.9 Å². The number of rotatable bonds is 3.